The van der Waals surface area contributed by atoms with E-state index in [2.05, 4.69) is 11.8 Å². The van der Waals surface area contributed by atoms with E-state index in [-0.39, 0.29) is 0 Å². The first-order valence-corrected chi connectivity index (χ1v) is 5.64. The molecule has 1 heterocycles. The maximum Gasteiger partial charge on any atom is 0.00979 e. The Morgan fingerprint density at radius 1 is 1.25 bits per heavy atom. The molecule has 1 nitrogen and oxygen atoms in total. The Bertz CT molecular complexity index is 142. The standard InChI is InChI=1S/C11H21N/c1-2-7-12-8-6-10-4-3-5-11(12)9-10/h10-11H,2-9H2,1H3. The molecule has 1 aliphatic carbocycles. The monoisotopic (exact) mass is 167 g/mol. The minimum absolute atomic E-state index is 0.970. The summed E-state index contributed by atoms with van der Waals surface area (Å²) in [6, 6.07) is 0.970. The predicted molar refractivity (Wildman–Crippen MR) is 52.2 cm³/mol. The topological polar surface area (TPSA) is 3.24 Å². The van der Waals surface area contributed by atoms with Crippen molar-refractivity contribution in [1.82, 2.24) is 4.90 Å². The Balaban J connectivity index is 1.90. The molecule has 70 valence electrons. The molecule has 0 spiro atoms. The molecule has 2 fully saturated rings. The van der Waals surface area contributed by atoms with Gasteiger partial charge in [0.15, 0.2) is 0 Å². The van der Waals surface area contributed by atoms with Crippen LogP contribution in [0.3, 0.4) is 0 Å². The number of fused-ring (bicyclic) bond motifs is 2. The molecule has 1 saturated carbocycles. The Hall–Kier alpha value is -0.0400. The lowest BCUT2D eigenvalue weighted by Gasteiger charge is -2.43. The zero-order valence-electron chi connectivity index (χ0n) is 8.26. The molecule has 2 unspecified atom stereocenters. The Labute approximate surface area is 76.1 Å². The summed E-state index contributed by atoms with van der Waals surface area (Å²) in [6.45, 7) is 5.04. The summed E-state index contributed by atoms with van der Waals surface area (Å²) in [4.78, 5) is 2.73. The minimum atomic E-state index is 0.970. The van der Waals surface area contributed by atoms with Crippen LogP contribution in [0.5, 0.6) is 0 Å². The van der Waals surface area contributed by atoms with Crippen molar-refractivity contribution >= 4 is 0 Å². The van der Waals surface area contributed by atoms with Crippen LogP contribution < -0.4 is 0 Å². The van der Waals surface area contributed by atoms with Gasteiger partial charge in [-0.1, -0.05) is 19.8 Å². The molecule has 0 radical (unpaired) electrons. The third-order valence-corrected chi connectivity index (χ3v) is 3.61. The van der Waals surface area contributed by atoms with Gasteiger partial charge < -0.3 is 4.90 Å². The normalized spacial score (nSPS) is 36.8. The van der Waals surface area contributed by atoms with Crippen molar-refractivity contribution in [2.45, 2.75) is 51.5 Å². The van der Waals surface area contributed by atoms with E-state index in [1.165, 1.54) is 51.6 Å². The SMILES string of the molecule is CCCN1CCC2CCCC1C2. The van der Waals surface area contributed by atoms with Crippen LogP contribution >= 0.6 is 0 Å². The highest BCUT2D eigenvalue weighted by Crippen LogP contribution is 2.34. The lowest BCUT2D eigenvalue weighted by Crippen LogP contribution is -2.44. The summed E-state index contributed by atoms with van der Waals surface area (Å²) >= 11 is 0. The van der Waals surface area contributed by atoms with Gasteiger partial charge in [0.05, 0.1) is 0 Å². The van der Waals surface area contributed by atoms with Crippen LogP contribution in [-0.2, 0) is 0 Å². The van der Waals surface area contributed by atoms with Crippen LogP contribution in [0.2, 0.25) is 0 Å². The highest BCUT2D eigenvalue weighted by Gasteiger charge is 2.30. The van der Waals surface area contributed by atoms with Crippen LogP contribution in [0, 0.1) is 5.92 Å². The van der Waals surface area contributed by atoms with Gasteiger partial charge in [-0.05, 0) is 44.7 Å². The van der Waals surface area contributed by atoms with E-state index in [1.54, 1.807) is 0 Å². The van der Waals surface area contributed by atoms with Crippen molar-refractivity contribution in [3.8, 4) is 0 Å². The van der Waals surface area contributed by atoms with Gasteiger partial charge in [0.2, 0.25) is 0 Å². The van der Waals surface area contributed by atoms with Gasteiger partial charge in [-0.25, -0.2) is 0 Å². The molecular weight excluding hydrogens is 146 g/mol. The Kier molecular flexibility index (Phi) is 2.69. The molecule has 1 aliphatic heterocycles. The van der Waals surface area contributed by atoms with Crippen molar-refractivity contribution in [2.24, 2.45) is 5.92 Å². The zero-order chi connectivity index (χ0) is 8.39. The van der Waals surface area contributed by atoms with Crippen LogP contribution in [0.25, 0.3) is 0 Å². The first-order chi connectivity index (χ1) is 5.90. The zero-order valence-corrected chi connectivity index (χ0v) is 8.26. The van der Waals surface area contributed by atoms with Crippen LogP contribution in [0.4, 0.5) is 0 Å². The van der Waals surface area contributed by atoms with Gasteiger partial charge in [0, 0.05) is 6.04 Å². The quantitative estimate of drug-likeness (QED) is 0.611. The van der Waals surface area contributed by atoms with Crippen molar-refractivity contribution in [3.63, 3.8) is 0 Å². The van der Waals surface area contributed by atoms with Crippen LogP contribution in [0.15, 0.2) is 0 Å². The van der Waals surface area contributed by atoms with Crippen molar-refractivity contribution < 1.29 is 0 Å². The molecule has 0 aromatic rings. The molecular formula is C11H21N. The molecule has 2 aliphatic rings. The van der Waals surface area contributed by atoms with Gasteiger partial charge in [-0.2, -0.15) is 0 Å². The van der Waals surface area contributed by atoms with Gasteiger partial charge in [-0.3, -0.25) is 0 Å². The molecule has 1 saturated heterocycles. The fourth-order valence-corrected chi connectivity index (χ4v) is 2.97. The molecule has 0 aromatic heterocycles. The number of hydrogen-bond donors (Lipinski definition) is 0. The maximum atomic E-state index is 2.73. The molecule has 2 rings (SSSR count). The first kappa shape index (κ1) is 8.55. The fraction of sp³-hybridized carbons (Fsp3) is 1.00. The third-order valence-electron chi connectivity index (χ3n) is 3.61. The average molecular weight is 167 g/mol. The molecule has 1 heteroatoms. The minimum Gasteiger partial charge on any atom is -0.300 e. The van der Waals surface area contributed by atoms with Crippen LogP contribution in [0.1, 0.15) is 45.4 Å². The number of likely N-dealkylation sites (tertiary alicyclic amines) is 1. The summed E-state index contributed by atoms with van der Waals surface area (Å²) in [7, 11) is 0. The first-order valence-electron chi connectivity index (χ1n) is 5.64. The molecule has 0 N–H and O–H groups in total. The van der Waals surface area contributed by atoms with Gasteiger partial charge >= 0.3 is 0 Å². The summed E-state index contributed by atoms with van der Waals surface area (Å²) in [5, 5.41) is 0. The highest BCUT2D eigenvalue weighted by molar-refractivity contribution is 4.85. The third kappa shape index (κ3) is 1.66. The summed E-state index contributed by atoms with van der Waals surface area (Å²) < 4.78 is 0. The molecule has 2 bridgehead atoms. The summed E-state index contributed by atoms with van der Waals surface area (Å²) in [5.74, 6) is 1.09. The van der Waals surface area contributed by atoms with E-state index < -0.39 is 0 Å². The lowest BCUT2D eigenvalue weighted by molar-refractivity contribution is 0.0737. The van der Waals surface area contributed by atoms with E-state index in [4.69, 9.17) is 0 Å². The molecule has 2 atom stereocenters. The summed E-state index contributed by atoms with van der Waals surface area (Å²) in [5.41, 5.74) is 0. The molecule has 0 amide bonds. The lowest BCUT2D eigenvalue weighted by atomic mass is 9.80. The van der Waals surface area contributed by atoms with Crippen molar-refractivity contribution in [2.75, 3.05) is 13.1 Å². The predicted octanol–water partition coefficient (Wildman–Crippen LogP) is 2.66. The Morgan fingerprint density at radius 2 is 2.17 bits per heavy atom. The largest absolute Gasteiger partial charge is 0.300 e. The second-order valence-electron chi connectivity index (χ2n) is 4.51. The number of hydrogen-bond acceptors (Lipinski definition) is 1. The second kappa shape index (κ2) is 3.78. The highest BCUT2D eigenvalue weighted by atomic mass is 15.2. The van der Waals surface area contributed by atoms with Crippen molar-refractivity contribution in [1.29, 1.82) is 0 Å². The smallest absolute Gasteiger partial charge is 0.00979 e. The number of nitrogens with zero attached hydrogens (tertiary/aromatic N) is 1. The van der Waals surface area contributed by atoms with Crippen molar-refractivity contribution in [3.05, 3.63) is 0 Å². The van der Waals surface area contributed by atoms with E-state index in [1.807, 2.05) is 0 Å². The maximum absolute atomic E-state index is 2.73. The average Bonchev–Trinajstić information content (AvgIpc) is 2.11. The number of piperidine rings is 1. The molecule has 0 aromatic carbocycles. The van der Waals surface area contributed by atoms with E-state index in [0.717, 1.165) is 12.0 Å². The van der Waals surface area contributed by atoms with Gasteiger partial charge in [0.25, 0.3) is 0 Å². The van der Waals surface area contributed by atoms with E-state index >= 15 is 0 Å². The van der Waals surface area contributed by atoms with Gasteiger partial charge in [-0.15, -0.1) is 0 Å². The van der Waals surface area contributed by atoms with Crippen LogP contribution in [-0.4, -0.2) is 24.0 Å². The fourth-order valence-electron chi connectivity index (χ4n) is 2.97. The van der Waals surface area contributed by atoms with Gasteiger partial charge in [0.1, 0.15) is 0 Å². The second-order valence-corrected chi connectivity index (χ2v) is 4.51. The van der Waals surface area contributed by atoms with E-state index in [0.29, 0.717) is 0 Å². The number of rotatable bonds is 2. The van der Waals surface area contributed by atoms with E-state index in [9.17, 15) is 0 Å². The molecule has 12 heavy (non-hydrogen) atoms. The summed E-state index contributed by atoms with van der Waals surface area (Å²) in [6.07, 6.45) is 8.83. The Morgan fingerprint density at radius 3 is 3.00 bits per heavy atom.